The zero-order valence-electron chi connectivity index (χ0n) is 17.7. The van der Waals surface area contributed by atoms with Crippen molar-refractivity contribution in [2.45, 2.75) is 28.9 Å². The Hall–Kier alpha value is -3.00. The molecule has 1 unspecified atom stereocenters. The first kappa shape index (κ1) is 23.2. The van der Waals surface area contributed by atoms with Crippen LogP contribution in [0.2, 0.25) is 5.02 Å². The second-order valence-electron chi connectivity index (χ2n) is 7.56. The second-order valence-corrected chi connectivity index (χ2v) is 9.11. The van der Waals surface area contributed by atoms with Gasteiger partial charge in [0.15, 0.2) is 0 Å². The molecule has 1 fully saturated rings. The van der Waals surface area contributed by atoms with Gasteiger partial charge in [-0.3, -0.25) is 9.59 Å². The van der Waals surface area contributed by atoms with Crippen LogP contribution >= 0.6 is 23.4 Å². The lowest BCUT2D eigenvalue weighted by molar-refractivity contribution is -0.139. The van der Waals surface area contributed by atoms with Crippen LogP contribution in [-0.4, -0.2) is 36.1 Å². The number of benzene rings is 3. The smallest absolute Gasteiger partial charge is 0.305 e. The first-order valence-corrected chi connectivity index (χ1v) is 11.7. The van der Waals surface area contributed by atoms with Crippen LogP contribution in [0.3, 0.4) is 0 Å². The van der Waals surface area contributed by atoms with Crippen molar-refractivity contribution in [1.82, 2.24) is 5.32 Å². The van der Waals surface area contributed by atoms with Gasteiger partial charge in [0.25, 0.3) is 0 Å². The van der Waals surface area contributed by atoms with E-state index in [1.165, 1.54) is 0 Å². The number of carbonyl (C=O) groups excluding carboxylic acids is 1. The lowest BCUT2D eigenvalue weighted by atomic mass is 10.1. The third-order valence-corrected chi connectivity index (χ3v) is 6.45. The molecule has 0 aromatic heterocycles. The number of piperazine rings is 1. The van der Waals surface area contributed by atoms with E-state index in [1.807, 2.05) is 72.8 Å². The number of hydrogen-bond donors (Lipinski definition) is 2. The number of halogens is 1. The van der Waals surface area contributed by atoms with Gasteiger partial charge in [-0.1, -0.05) is 59.8 Å². The highest BCUT2D eigenvalue weighted by atomic mass is 35.5. The van der Waals surface area contributed by atoms with Gasteiger partial charge < -0.3 is 20.1 Å². The Bertz CT molecular complexity index is 1140. The number of rotatable bonds is 8. The summed E-state index contributed by atoms with van der Waals surface area (Å²) < 4.78 is 5.91. The maximum atomic E-state index is 12.7. The Morgan fingerprint density at radius 2 is 1.88 bits per heavy atom. The lowest BCUT2D eigenvalue weighted by Crippen LogP contribution is -2.56. The van der Waals surface area contributed by atoms with E-state index in [0.29, 0.717) is 30.4 Å². The predicted molar refractivity (Wildman–Crippen MR) is 129 cm³/mol. The largest absolute Gasteiger partial charge is 0.489 e. The molecule has 33 heavy (non-hydrogen) atoms. The number of nitrogens with one attached hydrogen (secondary N) is 1. The van der Waals surface area contributed by atoms with Gasteiger partial charge in [0.1, 0.15) is 12.4 Å². The molecule has 0 spiro atoms. The van der Waals surface area contributed by atoms with Gasteiger partial charge in [-0.25, -0.2) is 0 Å². The van der Waals surface area contributed by atoms with Gasteiger partial charge in [-0.05, 0) is 42.0 Å². The van der Waals surface area contributed by atoms with Crippen molar-refractivity contribution in [3.8, 4) is 5.75 Å². The van der Waals surface area contributed by atoms with Crippen molar-refractivity contribution in [2.24, 2.45) is 0 Å². The monoisotopic (exact) mass is 482 g/mol. The quantitative estimate of drug-likeness (QED) is 0.478. The number of hydrogen-bond acceptors (Lipinski definition) is 5. The molecule has 1 aliphatic rings. The molecule has 1 saturated heterocycles. The Balaban J connectivity index is 1.43. The highest BCUT2D eigenvalue weighted by Crippen LogP contribution is 2.36. The summed E-state index contributed by atoms with van der Waals surface area (Å²) in [5, 5.41) is 12.4. The standard InChI is InChI=1S/C25H23ClN2O4S/c26-21-14-20(9-10-23(21)28-12-11-27-22(25(28)31)15-24(29)30)33-19-8-4-7-18(13-19)32-16-17-5-2-1-3-6-17/h1-10,13-14,22,27H,11-12,15-16H2,(H,29,30). The molecule has 6 nitrogen and oxygen atoms in total. The Morgan fingerprint density at radius 3 is 2.64 bits per heavy atom. The summed E-state index contributed by atoms with van der Waals surface area (Å²) in [6.45, 7) is 1.44. The molecule has 0 aliphatic carbocycles. The molecule has 170 valence electrons. The number of carbonyl (C=O) groups is 2. The molecule has 0 bridgehead atoms. The molecule has 0 radical (unpaired) electrons. The SMILES string of the molecule is O=C(O)CC1NCCN(c2ccc(Sc3cccc(OCc4ccccc4)c3)cc2Cl)C1=O. The van der Waals surface area contributed by atoms with Crippen LogP contribution in [0.25, 0.3) is 0 Å². The average Bonchev–Trinajstić information content (AvgIpc) is 2.80. The van der Waals surface area contributed by atoms with Crippen molar-refractivity contribution in [3.63, 3.8) is 0 Å². The molecular formula is C25H23ClN2O4S. The van der Waals surface area contributed by atoms with Gasteiger partial charge in [0, 0.05) is 22.9 Å². The third kappa shape index (κ3) is 6.07. The molecule has 1 heterocycles. The van der Waals surface area contributed by atoms with Crippen molar-refractivity contribution in [1.29, 1.82) is 0 Å². The van der Waals surface area contributed by atoms with Gasteiger partial charge >= 0.3 is 5.97 Å². The fourth-order valence-electron chi connectivity index (χ4n) is 3.58. The molecule has 8 heteroatoms. The summed E-state index contributed by atoms with van der Waals surface area (Å²) in [7, 11) is 0. The number of amides is 1. The molecule has 1 aliphatic heterocycles. The lowest BCUT2D eigenvalue weighted by Gasteiger charge is -2.33. The molecule has 2 N–H and O–H groups in total. The first-order valence-electron chi connectivity index (χ1n) is 10.5. The summed E-state index contributed by atoms with van der Waals surface area (Å²) >= 11 is 8.07. The van der Waals surface area contributed by atoms with Crippen LogP contribution in [-0.2, 0) is 16.2 Å². The van der Waals surface area contributed by atoms with Gasteiger partial charge in [-0.2, -0.15) is 0 Å². The van der Waals surface area contributed by atoms with E-state index in [0.717, 1.165) is 21.1 Å². The Kier molecular flexibility index (Phi) is 7.54. The minimum Gasteiger partial charge on any atom is -0.489 e. The molecule has 3 aromatic carbocycles. The highest BCUT2D eigenvalue weighted by molar-refractivity contribution is 7.99. The number of aliphatic carboxylic acids is 1. The van der Waals surface area contributed by atoms with Gasteiger partial charge in [0.2, 0.25) is 5.91 Å². The van der Waals surface area contributed by atoms with E-state index < -0.39 is 12.0 Å². The summed E-state index contributed by atoms with van der Waals surface area (Å²) in [5.41, 5.74) is 1.69. The molecule has 4 rings (SSSR count). The van der Waals surface area contributed by atoms with E-state index in [-0.39, 0.29) is 12.3 Å². The number of ether oxygens (including phenoxy) is 1. The van der Waals surface area contributed by atoms with Crippen molar-refractivity contribution >= 4 is 40.9 Å². The van der Waals surface area contributed by atoms with Crippen LogP contribution in [0.5, 0.6) is 5.75 Å². The minimum atomic E-state index is -1.02. The predicted octanol–water partition coefficient (Wildman–Crippen LogP) is 4.85. The van der Waals surface area contributed by atoms with Crippen LogP contribution < -0.4 is 15.0 Å². The van der Waals surface area contributed by atoms with E-state index in [9.17, 15) is 9.59 Å². The fourth-order valence-corrected chi connectivity index (χ4v) is 4.84. The normalized spacial score (nSPS) is 16.0. The topological polar surface area (TPSA) is 78.9 Å². The van der Waals surface area contributed by atoms with Gasteiger partial charge in [-0.15, -0.1) is 0 Å². The first-order chi connectivity index (χ1) is 16.0. The van der Waals surface area contributed by atoms with E-state index in [1.54, 1.807) is 16.7 Å². The Labute approximate surface area is 201 Å². The van der Waals surface area contributed by atoms with Crippen LogP contribution in [0.1, 0.15) is 12.0 Å². The van der Waals surface area contributed by atoms with Crippen molar-refractivity contribution in [2.75, 3.05) is 18.0 Å². The summed E-state index contributed by atoms with van der Waals surface area (Å²) in [6, 6.07) is 22.6. The molecule has 3 aromatic rings. The number of carboxylic acid groups (broad SMARTS) is 1. The highest BCUT2D eigenvalue weighted by Gasteiger charge is 2.31. The molecule has 1 amide bonds. The maximum absolute atomic E-state index is 12.7. The Morgan fingerprint density at radius 1 is 1.09 bits per heavy atom. The van der Waals surface area contributed by atoms with Gasteiger partial charge in [0.05, 0.1) is 23.2 Å². The van der Waals surface area contributed by atoms with Crippen LogP contribution in [0, 0.1) is 0 Å². The van der Waals surface area contributed by atoms with E-state index in [4.69, 9.17) is 21.4 Å². The number of nitrogens with zero attached hydrogens (tertiary/aromatic N) is 1. The minimum absolute atomic E-state index is 0.260. The maximum Gasteiger partial charge on any atom is 0.305 e. The van der Waals surface area contributed by atoms with Crippen molar-refractivity contribution < 1.29 is 19.4 Å². The molecule has 1 atom stereocenters. The number of carboxylic acids is 1. The summed E-state index contributed by atoms with van der Waals surface area (Å²) in [5.74, 6) is -0.521. The van der Waals surface area contributed by atoms with E-state index in [2.05, 4.69) is 5.32 Å². The fraction of sp³-hybridized carbons (Fsp3) is 0.200. The van der Waals surface area contributed by atoms with Crippen LogP contribution in [0.4, 0.5) is 5.69 Å². The molecular weight excluding hydrogens is 460 g/mol. The summed E-state index contributed by atoms with van der Waals surface area (Å²) in [4.78, 5) is 27.2. The zero-order valence-corrected chi connectivity index (χ0v) is 19.3. The summed E-state index contributed by atoms with van der Waals surface area (Å²) in [6.07, 6.45) is -0.260. The second kappa shape index (κ2) is 10.7. The van der Waals surface area contributed by atoms with Crippen molar-refractivity contribution in [3.05, 3.63) is 83.4 Å². The third-order valence-electron chi connectivity index (χ3n) is 5.17. The average molecular weight is 483 g/mol. The number of anilines is 1. The zero-order chi connectivity index (χ0) is 23.2. The molecule has 0 saturated carbocycles. The van der Waals surface area contributed by atoms with Crippen LogP contribution in [0.15, 0.2) is 82.6 Å². The van der Waals surface area contributed by atoms with E-state index >= 15 is 0 Å².